The van der Waals surface area contributed by atoms with Gasteiger partial charge in [0.2, 0.25) is 11.8 Å². The molecule has 1 aromatic carbocycles. The van der Waals surface area contributed by atoms with Gasteiger partial charge in [0.1, 0.15) is 0 Å². The molecule has 0 N–H and O–H groups in total. The third-order valence-corrected chi connectivity index (χ3v) is 5.30. The molecule has 1 amide bonds. The number of nitrogens with zero attached hydrogens (tertiary/aromatic N) is 4. The summed E-state index contributed by atoms with van der Waals surface area (Å²) < 4.78 is 11.2. The second kappa shape index (κ2) is 6.64. The van der Waals surface area contributed by atoms with E-state index in [2.05, 4.69) is 15.4 Å². The second-order valence-corrected chi connectivity index (χ2v) is 7.26. The average Bonchev–Trinajstić information content (AvgIpc) is 3.26. The molecule has 0 spiro atoms. The highest BCUT2D eigenvalue weighted by Gasteiger charge is 2.33. The first kappa shape index (κ1) is 16.2. The van der Waals surface area contributed by atoms with Crippen molar-refractivity contribution in [1.29, 1.82) is 0 Å². The summed E-state index contributed by atoms with van der Waals surface area (Å²) >= 11 is 0. The summed E-state index contributed by atoms with van der Waals surface area (Å²) in [5.41, 5.74) is 1.26. The zero-order chi connectivity index (χ0) is 18.2. The Morgan fingerprint density at radius 3 is 2.30 bits per heavy atom. The summed E-state index contributed by atoms with van der Waals surface area (Å²) in [6.07, 6.45) is 3.94. The minimum Gasteiger partial charge on any atom is -0.425 e. The van der Waals surface area contributed by atoms with Gasteiger partial charge in [-0.25, -0.2) is 0 Å². The Kier molecular flexibility index (Phi) is 3.99. The van der Waals surface area contributed by atoms with Gasteiger partial charge in [-0.15, -0.1) is 10.2 Å². The van der Waals surface area contributed by atoms with Gasteiger partial charge in [0.05, 0.1) is 0 Å². The first-order chi connectivity index (χ1) is 13.3. The zero-order valence-corrected chi connectivity index (χ0v) is 14.9. The smallest absolute Gasteiger partial charge is 0.276 e. The molecule has 2 aliphatic rings. The third-order valence-electron chi connectivity index (χ3n) is 5.30. The number of rotatable bonds is 4. The lowest BCUT2D eigenvalue weighted by Gasteiger charge is -2.29. The second-order valence-electron chi connectivity index (χ2n) is 7.26. The van der Waals surface area contributed by atoms with E-state index < -0.39 is 0 Å². The summed E-state index contributed by atoms with van der Waals surface area (Å²) in [5, 5.41) is 12.4. The molecule has 0 atom stereocenters. The van der Waals surface area contributed by atoms with E-state index >= 15 is 0 Å². The van der Waals surface area contributed by atoms with Gasteiger partial charge in [-0.3, -0.25) is 4.79 Å². The molecule has 3 aromatic rings. The summed E-state index contributed by atoms with van der Waals surface area (Å²) in [6.45, 7) is 1.30. The highest BCUT2D eigenvalue weighted by Crippen LogP contribution is 2.40. The minimum atomic E-state index is -0.0939. The molecule has 7 heteroatoms. The van der Waals surface area contributed by atoms with Crippen LogP contribution in [0.15, 0.2) is 45.3 Å². The summed E-state index contributed by atoms with van der Waals surface area (Å²) in [6, 6.07) is 11.4. The predicted molar refractivity (Wildman–Crippen MR) is 96.1 cm³/mol. The van der Waals surface area contributed by atoms with Gasteiger partial charge in [0.15, 0.2) is 11.5 Å². The van der Waals surface area contributed by atoms with Gasteiger partial charge in [0.25, 0.3) is 5.91 Å². The van der Waals surface area contributed by atoms with E-state index in [1.165, 1.54) is 0 Å². The fourth-order valence-electron chi connectivity index (χ4n) is 3.51. The molecular formula is C20H20N4O3. The van der Waals surface area contributed by atoms with E-state index in [0.29, 0.717) is 30.5 Å². The first-order valence-corrected chi connectivity index (χ1v) is 9.42. The molecule has 0 bridgehead atoms. The predicted octanol–water partition coefficient (Wildman–Crippen LogP) is 3.62. The van der Waals surface area contributed by atoms with E-state index in [4.69, 9.17) is 8.94 Å². The Balaban J connectivity index is 1.23. The van der Waals surface area contributed by atoms with Crippen LogP contribution in [0.4, 0.5) is 0 Å². The van der Waals surface area contributed by atoms with Crippen LogP contribution in [-0.2, 0) is 0 Å². The van der Waals surface area contributed by atoms with E-state index in [1.807, 2.05) is 35.2 Å². The maximum absolute atomic E-state index is 12.7. The Labute approximate surface area is 156 Å². The van der Waals surface area contributed by atoms with Gasteiger partial charge in [0, 0.05) is 36.6 Å². The van der Waals surface area contributed by atoms with Crippen molar-refractivity contribution in [3.63, 3.8) is 0 Å². The summed E-state index contributed by atoms with van der Waals surface area (Å²) in [7, 11) is 0. The average molecular weight is 364 g/mol. The molecule has 1 aliphatic carbocycles. The molecule has 0 radical (unpaired) electrons. The standard InChI is InChI=1S/C20H20N4O3/c25-20(16-12-17(27-23-16)13-4-2-1-3-5-13)24-10-8-15(9-11-24)19-22-21-18(26-19)14-6-7-14/h1-5,12,14-15H,6-11H2. The van der Waals surface area contributed by atoms with Gasteiger partial charge in [-0.1, -0.05) is 35.5 Å². The molecule has 1 saturated heterocycles. The SMILES string of the molecule is O=C(c1cc(-c2ccccc2)on1)N1CCC(c2nnc(C3CC3)o2)CC1. The quantitative estimate of drug-likeness (QED) is 0.703. The Hall–Kier alpha value is -2.96. The Morgan fingerprint density at radius 2 is 1.63 bits per heavy atom. The molecule has 0 unspecified atom stereocenters. The van der Waals surface area contributed by atoms with Crippen LogP contribution in [0.5, 0.6) is 0 Å². The number of hydrogen-bond acceptors (Lipinski definition) is 6. The molecule has 2 fully saturated rings. The number of likely N-dealkylation sites (tertiary alicyclic amines) is 1. The number of amides is 1. The molecule has 1 saturated carbocycles. The molecule has 2 aromatic heterocycles. The fourth-order valence-corrected chi connectivity index (χ4v) is 3.51. The van der Waals surface area contributed by atoms with E-state index in [1.54, 1.807) is 6.07 Å². The monoisotopic (exact) mass is 364 g/mol. The lowest BCUT2D eigenvalue weighted by molar-refractivity contribution is 0.0695. The van der Waals surface area contributed by atoms with Crippen LogP contribution in [0.1, 0.15) is 59.8 Å². The maximum atomic E-state index is 12.7. The van der Waals surface area contributed by atoms with Crippen molar-refractivity contribution >= 4 is 5.91 Å². The number of aromatic nitrogens is 3. The van der Waals surface area contributed by atoms with Crippen molar-refractivity contribution < 1.29 is 13.7 Å². The first-order valence-electron chi connectivity index (χ1n) is 9.42. The molecule has 3 heterocycles. The van der Waals surface area contributed by atoms with Crippen molar-refractivity contribution in [3.8, 4) is 11.3 Å². The topological polar surface area (TPSA) is 85.3 Å². The highest BCUT2D eigenvalue weighted by atomic mass is 16.5. The molecule has 138 valence electrons. The lowest BCUT2D eigenvalue weighted by Crippen LogP contribution is -2.38. The number of carbonyl (C=O) groups is 1. The fraction of sp³-hybridized carbons (Fsp3) is 0.400. The van der Waals surface area contributed by atoms with Gasteiger partial charge in [-0.05, 0) is 25.7 Å². The molecule has 5 rings (SSSR count). The molecule has 7 nitrogen and oxygen atoms in total. The van der Waals surface area contributed by atoms with Gasteiger partial charge in [-0.2, -0.15) is 0 Å². The van der Waals surface area contributed by atoms with Crippen LogP contribution < -0.4 is 0 Å². The Morgan fingerprint density at radius 1 is 0.963 bits per heavy atom. The summed E-state index contributed by atoms with van der Waals surface area (Å²) in [4.78, 5) is 14.6. The molecule has 27 heavy (non-hydrogen) atoms. The van der Waals surface area contributed by atoms with Crippen molar-refractivity contribution in [3.05, 3.63) is 53.9 Å². The molecule has 1 aliphatic heterocycles. The van der Waals surface area contributed by atoms with Crippen LogP contribution in [0.2, 0.25) is 0 Å². The third kappa shape index (κ3) is 3.25. The van der Waals surface area contributed by atoms with Crippen molar-refractivity contribution in [1.82, 2.24) is 20.3 Å². The summed E-state index contributed by atoms with van der Waals surface area (Å²) in [5.74, 6) is 2.71. The Bertz CT molecular complexity index is 937. The number of benzene rings is 1. The van der Waals surface area contributed by atoms with Gasteiger partial charge < -0.3 is 13.8 Å². The van der Waals surface area contributed by atoms with Crippen LogP contribution in [0.3, 0.4) is 0 Å². The van der Waals surface area contributed by atoms with Crippen molar-refractivity contribution in [2.75, 3.05) is 13.1 Å². The van der Waals surface area contributed by atoms with Crippen LogP contribution >= 0.6 is 0 Å². The van der Waals surface area contributed by atoms with Crippen molar-refractivity contribution in [2.45, 2.75) is 37.5 Å². The normalized spacial score (nSPS) is 18.0. The number of carbonyl (C=O) groups excluding carboxylic acids is 1. The maximum Gasteiger partial charge on any atom is 0.276 e. The van der Waals surface area contributed by atoms with E-state index in [9.17, 15) is 4.79 Å². The zero-order valence-electron chi connectivity index (χ0n) is 14.9. The van der Waals surface area contributed by atoms with Gasteiger partial charge >= 0.3 is 0 Å². The minimum absolute atomic E-state index is 0.0939. The molecular weight excluding hydrogens is 344 g/mol. The van der Waals surface area contributed by atoms with Crippen LogP contribution in [0, 0.1) is 0 Å². The highest BCUT2D eigenvalue weighted by molar-refractivity contribution is 5.93. The largest absolute Gasteiger partial charge is 0.425 e. The lowest BCUT2D eigenvalue weighted by atomic mass is 9.96. The van der Waals surface area contributed by atoms with E-state index in [0.717, 1.165) is 43.0 Å². The number of piperidine rings is 1. The number of hydrogen-bond donors (Lipinski definition) is 0. The van der Waals surface area contributed by atoms with Crippen LogP contribution in [-0.4, -0.2) is 39.3 Å². The van der Waals surface area contributed by atoms with Crippen molar-refractivity contribution in [2.24, 2.45) is 0 Å². The van der Waals surface area contributed by atoms with Crippen LogP contribution in [0.25, 0.3) is 11.3 Å². The van der Waals surface area contributed by atoms with E-state index in [-0.39, 0.29) is 11.8 Å².